The minimum atomic E-state index is -1.11. The molecule has 12 heteroatoms. The number of aromatic nitrogens is 2. The number of Topliss-reactive ketones (excluding diaryl/α,β-unsaturated/α-hetero) is 1. The first-order chi connectivity index (χ1) is 20.8. The Balaban J connectivity index is 1.56. The molecule has 3 aromatic carbocycles. The quantitative estimate of drug-likeness (QED) is 0.0480. The number of ether oxygens (including phenoxy) is 2. The maximum Gasteiger partial charge on any atom is 0.301 e. The van der Waals surface area contributed by atoms with Gasteiger partial charge in [0.15, 0.2) is 15.8 Å². The summed E-state index contributed by atoms with van der Waals surface area (Å²) < 4.78 is 39.6. The van der Waals surface area contributed by atoms with Gasteiger partial charge in [-0.1, -0.05) is 60.7 Å². The molecule has 1 amide bonds. The highest BCUT2D eigenvalue weighted by atomic mass is 32.2. The zero-order chi connectivity index (χ0) is 30.5. The van der Waals surface area contributed by atoms with Gasteiger partial charge in [-0.15, -0.1) is 10.2 Å². The fourth-order valence-corrected chi connectivity index (χ4v) is 6.38. The highest BCUT2D eigenvalue weighted by molar-refractivity contribution is 8.00. The van der Waals surface area contributed by atoms with Crippen molar-refractivity contribution in [1.29, 1.82) is 0 Å². The summed E-state index contributed by atoms with van der Waals surface area (Å²) in [6.07, 6.45) is 1.79. The molecule has 1 atom stereocenters. The van der Waals surface area contributed by atoms with Crippen LogP contribution in [0.5, 0.6) is 11.5 Å². The largest absolute Gasteiger partial charge is 0.507 e. The number of methoxy groups -OCH3 is 1. The first kappa shape index (κ1) is 30.2. The van der Waals surface area contributed by atoms with E-state index in [1.165, 1.54) is 42.0 Å². The number of ketones is 1. The van der Waals surface area contributed by atoms with Gasteiger partial charge in [0, 0.05) is 11.3 Å². The van der Waals surface area contributed by atoms with E-state index in [0.29, 0.717) is 33.6 Å². The fraction of sp³-hybridized carbons (Fsp3) is 0.226. The molecule has 1 aliphatic rings. The second kappa shape index (κ2) is 13.3. The van der Waals surface area contributed by atoms with Crippen molar-refractivity contribution in [3.63, 3.8) is 0 Å². The normalized spacial score (nSPS) is 16.1. The molecule has 222 valence electrons. The van der Waals surface area contributed by atoms with E-state index in [4.69, 9.17) is 9.47 Å². The lowest BCUT2D eigenvalue weighted by atomic mass is 9.95. The molecule has 1 aliphatic heterocycles. The third-order valence-electron chi connectivity index (χ3n) is 6.73. The zero-order valence-electron chi connectivity index (χ0n) is 23.3. The van der Waals surface area contributed by atoms with E-state index in [1.54, 1.807) is 36.4 Å². The first-order valence-electron chi connectivity index (χ1n) is 13.4. The van der Waals surface area contributed by atoms with Gasteiger partial charge in [0.2, 0.25) is 5.13 Å². The van der Waals surface area contributed by atoms with E-state index >= 15 is 0 Å². The summed E-state index contributed by atoms with van der Waals surface area (Å²) in [7, 11) is 1.48. The molecular formula is C31H27F2N3O5S2. The van der Waals surface area contributed by atoms with Crippen molar-refractivity contribution in [3.05, 3.63) is 101 Å². The summed E-state index contributed by atoms with van der Waals surface area (Å²) in [5.74, 6) is -2.05. The Hall–Kier alpha value is -4.29. The number of carbonyl (C=O) groups excluding carboxylic acids is 2. The number of benzene rings is 3. The minimum absolute atomic E-state index is 0.114. The predicted molar refractivity (Wildman–Crippen MR) is 160 cm³/mol. The second-order valence-corrected chi connectivity index (χ2v) is 11.7. The summed E-state index contributed by atoms with van der Waals surface area (Å²) in [6.45, 7) is 2.53. The number of hydrogen-bond donors (Lipinski definition) is 1. The third kappa shape index (κ3) is 6.40. The number of nitrogens with zero attached hydrogens (tertiary/aromatic N) is 3. The topological polar surface area (TPSA) is 102 Å². The highest BCUT2D eigenvalue weighted by Crippen LogP contribution is 2.45. The molecule has 5 rings (SSSR count). The third-order valence-corrected chi connectivity index (χ3v) is 8.84. The number of aliphatic hydroxyl groups is 1. The lowest BCUT2D eigenvalue weighted by Gasteiger charge is -2.23. The molecule has 1 saturated heterocycles. The minimum Gasteiger partial charge on any atom is -0.507 e. The molecule has 8 nitrogen and oxygen atoms in total. The molecule has 1 aromatic heterocycles. The van der Waals surface area contributed by atoms with Crippen LogP contribution in [0.3, 0.4) is 0 Å². The monoisotopic (exact) mass is 623 g/mol. The van der Waals surface area contributed by atoms with E-state index in [1.807, 2.05) is 6.92 Å². The number of rotatable bonds is 11. The van der Waals surface area contributed by atoms with E-state index < -0.39 is 29.3 Å². The van der Waals surface area contributed by atoms with Gasteiger partial charge in [-0.05, 0) is 60.0 Å². The van der Waals surface area contributed by atoms with E-state index in [2.05, 4.69) is 10.2 Å². The van der Waals surface area contributed by atoms with Gasteiger partial charge >= 0.3 is 5.91 Å². The van der Waals surface area contributed by atoms with Crippen molar-refractivity contribution in [2.45, 2.75) is 35.9 Å². The standard InChI is InChI=1S/C31H27F2N3O5S2/c1-3-4-15-41-23-14-11-19(16-24(23)40-2)26-25(27(37)18-9-12-21(32)13-10-18)28(38)29(39)36(26)30-34-35-31(43-30)42-17-20-7-5-6-8-22(20)33/h5-14,16,26,37H,3-4,15,17H2,1-2H3/b27-25-. The van der Waals surface area contributed by atoms with Gasteiger partial charge < -0.3 is 14.6 Å². The van der Waals surface area contributed by atoms with Crippen LogP contribution in [0, 0.1) is 11.6 Å². The highest BCUT2D eigenvalue weighted by Gasteiger charge is 2.48. The van der Waals surface area contributed by atoms with Crippen LogP contribution in [0.4, 0.5) is 13.9 Å². The Bertz CT molecular complexity index is 1680. The van der Waals surface area contributed by atoms with Crippen molar-refractivity contribution in [2.75, 3.05) is 18.6 Å². The lowest BCUT2D eigenvalue weighted by molar-refractivity contribution is -0.132. The molecule has 0 aliphatic carbocycles. The second-order valence-electron chi connectivity index (χ2n) is 9.52. The molecular weight excluding hydrogens is 596 g/mol. The Kier molecular flexibility index (Phi) is 9.37. The van der Waals surface area contributed by atoms with Crippen LogP contribution >= 0.6 is 23.1 Å². The van der Waals surface area contributed by atoms with Crippen LogP contribution in [0.25, 0.3) is 5.76 Å². The Morgan fingerprint density at radius 1 is 1.05 bits per heavy atom. The summed E-state index contributed by atoms with van der Waals surface area (Å²) in [4.78, 5) is 28.2. The molecule has 1 N–H and O–H groups in total. The molecule has 0 bridgehead atoms. The summed E-state index contributed by atoms with van der Waals surface area (Å²) in [5.41, 5.74) is 0.888. The van der Waals surface area contributed by atoms with Gasteiger partial charge in [0.1, 0.15) is 17.4 Å². The summed E-state index contributed by atoms with van der Waals surface area (Å²) >= 11 is 2.30. The Morgan fingerprint density at radius 2 is 1.81 bits per heavy atom. The number of anilines is 1. The smallest absolute Gasteiger partial charge is 0.301 e. The number of unbranched alkanes of at least 4 members (excludes halogenated alkanes) is 1. The molecule has 0 saturated carbocycles. The average molecular weight is 624 g/mol. The average Bonchev–Trinajstić information content (AvgIpc) is 3.58. The number of aliphatic hydroxyl groups excluding tert-OH is 1. The van der Waals surface area contributed by atoms with E-state index in [9.17, 15) is 23.5 Å². The van der Waals surface area contributed by atoms with Gasteiger partial charge in [-0.25, -0.2) is 8.78 Å². The predicted octanol–water partition coefficient (Wildman–Crippen LogP) is 6.92. The van der Waals surface area contributed by atoms with Crippen LogP contribution in [0.1, 0.15) is 42.5 Å². The van der Waals surface area contributed by atoms with Gasteiger partial charge in [-0.2, -0.15) is 0 Å². The summed E-state index contributed by atoms with van der Waals surface area (Å²) in [5, 5.41) is 19.7. The zero-order valence-corrected chi connectivity index (χ0v) is 24.9. The van der Waals surface area contributed by atoms with Gasteiger partial charge in [0.25, 0.3) is 5.78 Å². The van der Waals surface area contributed by atoms with Crippen molar-refractivity contribution in [2.24, 2.45) is 0 Å². The van der Waals surface area contributed by atoms with Crippen LogP contribution in [0.2, 0.25) is 0 Å². The number of carbonyl (C=O) groups is 2. The first-order valence-corrected chi connectivity index (χ1v) is 15.2. The van der Waals surface area contributed by atoms with Crippen LogP contribution < -0.4 is 14.4 Å². The van der Waals surface area contributed by atoms with Crippen molar-refractivity contribution >= 4 is 45.7 Å². The molecule has 0 spiro atoms. The van der Waals surface area contributed by atoms with Crippen LogP contribution in [0.15, 0.2) is 76.6 Å². The molecule has 1 fully saturated rings. The molecule has 2 heterocycles. The van der Waals surface area contributed by atoms with E-state index in [-0.39, 0.29) is 27.8 Å². The fourth-order valence-electron chi connectivity index (χ4n) is 4.52. The summed E-state index contributed by atoms with van der Waals surface area (Å²) in [6, 6.07) is 15.2. The maximum absolute atomic E-state index is 14.1. The Morgan fingerprint density at radius 3 is 2.53 bits per heavy atom. The lowest BCUT2D eigenvalue weighted by Crippen LogP contribution is -2.29. The SMILES string of the molecule is CCCCOc1ccc(C2/C(=C(/O)c3ccc(F)cc3)C(=O)C(=O)N2c2nnc(SCc3ccccc3F)s2)cc1OC. The number of halogens is 2. The number of hydrogen-bond acceptors (Lipinski definition) is 9. The van der Waals surface area contributed by atoms with Crippen LogP contribution in [-0.2, 0) is 15.3 Å². The van der Waals surface area contributed by atoms with Crippen molar-refractivity contribution in [3.8, 4) is 11.5 Å². The molecule has 43 heavy (non-hydrogen) atoms. The number of amides is 1. The maximum atomic E-state index is 14.1. The molecule has 1 unspecified atom stereocenters. The van der Waals surface area contributed by atoms with Crippen molar-refractivity contribution in [1.82, 2.24) is 10.2 Å². The molecule has 0 radical (unpaired) electrons. The van der Waals surface area contributed by atoms with Crippen LogP contribution in [-0.4, -0.2) is 40.7 Å². The van der Waals surface area contributed by atoms with Gasteiger partial charge in [0.05, 0.1) is 25.3 Å². The number of thioether (sulfide) groups is 1. The molecule has 4 aromatic rings. The Labute approximate surface area is 255 Å². The van der Waals surface area contributed by atoms with Gasteiger partial charge in [-0.3, -0.25) is 14.5 Å². The van der Waals surface area contributed by atoms with Crippen molar-refractivity contribution < 1.29 is 33.0 Å². The van der Waals surface area contributed by atoms with E-state index in [0.717, 1.165) is 36.3 Å².